The number of ether oxygens (including phenoxy) is 1. The molecule has 26 heavy (non-hydrogen) atoms. The monoisotopic (exact) mass is 374 g/mol. The minimum atomic E-state index is -3.29. The van der Waals surface area contributed by atoms with E-state index in [9.17, 15) is 13.2 Å². The number of hydrogen-bond donors (Lipinski definition) is 0. The van der Waals surface area contributed by atoms with Gasteiger partial charge < -0.3 is 4.74 Å². The summed E-state index contributed by atoms with van der Waals surface area (Å²) < 4.78 is 31.1. The molecule has 0 radical (unpaired) electrons. The molecule has 0 N–H and O–H groups in total. The van der Waals surface area contributed by atoms with Gasteiger partial charge in [-0.3, -0.25) is 9.48 Å². The molecule has 0 bridgehead atoms. The predicted molar refractivity (Wildman–Crippen MR) is 99.1 cm³/mol. The molecule has 0 unspecified atom stereocenters. The molecule has 0 saturated heterocycles. The lowest BCUT2D eigenvalue weighted by Crippen LogP contribution is -2.29. The van der Waals surface area contributed by atoms with E-state index in [0.29, 0.717) is 22.5 Å². The summed E-state index contributed by atoms with van der Waals surface area (Å²) in [4.78, 5) is 13.1. The van der Waals surface area contributed by atoms with Gasteiger partial charge in [0, 0.05) is 29.6 Å². The summed E-state index contributed by atoms with van der Waals surface area (Å²) in [6.07, 6.45) is 4.64. The van der Waals surface area contributed by atoms with E-state index in [-0.39, 0.29) is 16.7 Å². The van der Waals surface area contributed by atoms with Crippen molar-refractivity contribution in [2.24, 2.45) is 0 Å². The number of carbonyl (C=O) groups excluding carboxylic acids is 1. The molecular weight excluding hydrogens is 352 g/mol. The summed E-state index contributed by atoms with van der Waals surface area (Å²) >= 11 is 0. The molecule has 0 spiro atoms. The maximum atomic E-state index is 12.9. The Morgan fingerprint density at radius 3 is 2.23 bits per heavy atom. The first-order valence-corrected chi connectivity index (χ1v) is 10.2. The Kier molecular flexibility index (Phi) is 4.30. The van der Waals surface area contributed by atoms with E-state index >= 15 is 0 Å². The Bertz CT molecular complexity index is 996. The van der Waals surface area contributed by atoms with Crippen LogP contribution < -0.4 is 0 Å². The number of carbonyl (C=O) groups is 1. The molecule has 2 aromatic rings. The van der Waals surface area contributed by atoms with Crippen LogP contribution in [0.5, 0.6) is 0 Å². The lowest BCUT2D eigenvalue weighted by molar-refractivity contribution is -0.125. The third-order valence-corrected chi connectivity index (χ3v) is 5.45. The van der Waals surface area contributed by atoms with Gasteiger partial charge in [0.15, 0.2) is 15.4 Å². The van der Waals surface area contributed by atoms with E-state index in [2.05, 4.69) is 5.10 Å². The topological polar surface area (TPSA) is 78.3 Å². The van der Waals surface area contributed by atoms with Gasteiger partial charge >= 0.3 is 0 Å². The van der Waals surface area contributed by atoms with Crippen molar-refractivity contribution in [1.82, 2.24) is 9.78 Å². The minimum Gasteiger partial charge on any atom is -0.478 e. The second-order valence-corrected chi connectivity index (χ2v) is 9.26. The molecule has 0 aliphatic carbocycles. The van der Waals surface area contributed by atoms with Crippen molar-refractivity contribution in [3.05, 3.63) is 47.8 Å². The zero-order valence-electron chi connectivity index (χ0n) is 15.5. The van der Waals surface area contributed by atoms with E-state index in [1.807, 2.05) is 20.0 Å². The summed E-state index contributed by atoms with van der Waals surface area (Å²) in [6.45, 7) is 7.46. The number of hydrogen-bond acceptors (Lipinski definition) is 5. The van der Waals surface area contributed by atoms with Crippen molar-refractivity contribution in [2.45, 2.75) is 44.2 Å². The van der Waals surface area contributed by atoms with Gasteiger partial charge in [-0.1, -0.05) is 0 Å². The fourth-order valence-electron chi connectivity index (χ4n) is 2.83. The number of nitrogens with zero attached hydrogens (tertiary/aromatic N) is 2. The quantitative estimate of drug-likeness (QED) is 0.822. The van der Waals surface area contributed by atoms with E-state index in [1.165, 1.54) is 12.1 Å². The third kappa shape index (κ3) is 3.19. The highest BCUT2D eigenvalue weighted by Gasteiger charge is 2.43. The van der Waals surface area contributed by atoms with Crippen LogP contribution in [0.3, 0.4) is 0 Å². The summed E-state index contributed by atoms with van der Waals surface area (Å²) in [7, 11) is -3.29. The largest absolute Gasteiger partial charge is 0.478 e. The number of rotatable bonds is 4. The molecule has 138 valence electrons. The number of Topliss-reactive ketones (excluding diaryl/α,β-unsaturated/α-hetero) is 1. The molecule has 1 aromatic carbocycles. The van der Waals surface area contributed by atoms with Crippen LogP contribution in [0.2, 0.25) is 0 Å². The smallest absolute Gasteiger partial charge is 0.210 e. The van der Waals surface area contributed by atoms with Crippen molar-refractivity contribution >= 4 is 27.0 Å². The first-order chi connectivity index (χ1) is 12.0. The Hall–Kier alpha value is -2.41. The average molecular weight is 374 g/mol. The average Bonchev–Trinajstić information content (AvgIpc) is 3.11. The van der Waals surface area contributed by atoms with E-state index in [4.69, 9.17) is 4.74 Å². The molecule has 1 aliphatic heterocycles. The van der Waals surface area contributed by atoms with Crippen molar-refractivity contribution < 1.29 is 17.9 Å². The fourth-order valence-corrected chi connectivity index (χ4v) is 3.46. The Morgan fingerprint density at radius 2 is 1.73 bits per heavy atom. The zero-order valence-corrected chi connectivity index (χ0v) is 16.3. The minimum absolute atomic E-state index is 0.122. The first-order valence-electron chi connectivity index (χ1n) is 8.34. The molecule has 2 heterocycles. The van der Waals surface area contributed by atoms with Crippen LogP contribution in [0.25, 0.3) is 11.3 Å². The Labute approximate surface area is 153 Å². The predicted octanol–water partition coefficient (Wildman–Crippen LogP) is 3.11. The van der Waals surface area contributed by atoms with Gasteiger partial charge in [-0.25, -0.2) is 8.42 Å². The third-order valence-electron chi connectivity index (χ3n) is 4.32. The van der Waals surface area contributed by atoms with E-state index < -0.39 is 15.4 Å². The lowest BCUT2D eigenvalue weighted by Gasteiger charge is -2.17. The van der Waals surface area contributed by atoms with Gasteiger partial charge in [-0.2, -0.15) is 5.10 Å². The maximum absolute atomic E-state index is 12.9. The highest BCUT2D eigenvalue weighted by Crippen LogP contribution is 2.41. The molecular formula is C19H22N2O4S. The number of sulfone groups is 1. The summed E-state index contributed by atoms with van der Waals surface area (Å²) in [5.41, 5.74) is 0.828. The molecule has 0 saturated carbocycles. The van der Waals surface area contributed by atoms with Crippen molar-refractivity contribution in [1.29, 1.82) is 0 Å². The Morgan fingerprint density at radius 1 is 1.12 bits per heavy atom. The number of aromatic nitrogens is 2. The van der Waals surface area contributed by atoms with Crippen LogP contribution in [0.4, 0.5) is 0 Å². The zero-order chi connectivity index (χ0) is 19.3. The molecule has 0 fully saturated rings. The highest BCUT2D eigenvalue weighted by atomic mass is 32.2. The van der Waals surface area contributed by atoms with Gasteiger partial charge in [0.1, 0.15) is 5.76 Å². The molecule has 1 aliphatic rings. The van der Waals surface area contributed by atoms with Crippen LogP contribution in [-0.4, -0.2) is 35.8 Å². The second-order valence-electron chi connectivity index (χ2n) is 7.24. The van der Waals surface area contributed by atoms with Crippen LogP contribution in [0.15, 0.2) is 41.6 Å². The Balaban J connectivity index is 2.13. The molecule has 1 aromatic heterocycles. The standard InChI is InChI=1S/C19H22N2O4S/c1-12(2)21-11-14(10-20-21)16-17(25-19(3,4)18(16)22)13-6-8-15(9-7-13)26(5,23)24/h6-12H,1-5H3. The fraction of sp³-hybridized carbons (Fsp3) is 0.368. The van der Waals surface area contributed by atoms with Crippen LogP contribution >= 0.6 is 0 Å². The van der Waals surface area contributed by atoms with Crippen molar-refractivity contribution in [3.8, 4) is 0 Å². The maximum Gasteiger partial charge on any atom is 0.210 e. The van der Waals surface area contributed by atoms with Crippen molar-refractivity contribution in [2.75, 3.05) is 6.26 Å². The number of benzene rings is 1. The van der Waals surface area contributed by atoms with E-state index in [1.54, 1.807) is 36.9 Å². The van der Waals surface area contributed by atoms with Gasteiger partial charge in [0.2, 0.25) is 5.78 Å². The molecule has 6 nitrogen and oxygen atoms in total. The lowest BCUT2D eigenvalue weighted by atomic mass is 9.94. The first kappa shape index (κ1) is 18.4. The van der Waals surface area contributed by atoms with Crippen LogP contribution in [-0.2, 0) is 19.4 Å². The molecule has 3 rings (SSSR count). The summed E-state index contributed by atoms with van der Waals surface area (Å²) in [5, 5.41) is 4.31. The van der Waals surface area contributed by atoms with Gasteiger partial charge in [-0.15, -0.1) is 0 Å². The summed E-state index contributed by atoms with van der Waals surface area (Å²) in [6, 6.07) is 6.53. The van der Waals surface area contributed by atoms with Gasteiger partial charge in [0.25, 0.3) is 0 Å². The van der Waals surface area contributed by atoms with Crippen LogP contribution in [0, 0.1) is 0 Å². The van der Waals surface area contributed by atoms with Gasteiger partial charge in [-0.05, 0) is 52.0 Å². The van der Waals surface area contributed by atoms with Crippen molar-refractivity contribution in [3.63, 3.8) is 0 Å². The SMILES string of the molecule is CC(C)n1cc(C2=C(c3ccc(S(C)(=O)=O)cc3)OC(C)(C)C2=O)cn1. The molecule has 7 heteroatoms. The highest BCUT2D eigenvalue weighted by molar-refractivity contribution is 7.90. The van der Waals surface area contributed by atoms with Gasteiger partial charge in [0.05, 0.1) is 16.7 Å². The second kappa shape index (κ2) is 6.09. The molecule has 0 amide bonds. The molecule has 0 atom stereocenters. The number of ketones is 1. The normalized spacial score (nSPS) is 17.1. The van der Waals surface area contributed by atoms with E-state index in [0.717, 1.165) is 6.26 Å². The summed E-state index contributed by atoms with van der Waals surface area (Å²) in [5.74, 6) is 0.325. The van der Waals surface area contributed by atoms with Crippen LogP contribution in [0.1, 0.15) is 44.9 Å².